The number of benzene rings is 3. The second-order valence-corrected chi connectivity index (χ2v) is 7.50. The standard InChI is InChI=1S/C25H23FN2O2/c1-17-13-14-20(16-21(17)26)24(29)27-23(19-9-3-2-4-10-19)25(30)28-15-7-11-18-8-5-6-12-22(18)28/h2-6,8-10,12-14,16,23H,7,11,15H2,1H3,(H,27,29). The van der Waals surface area contributed by atoms with Crippen LogP contribution in [0.3, 0.4) is 0 Å². The van der Waals surface area contributed by atoms with Gasteiger partial charge in [-0.2, -0.15) is 0 Å². The molecule has 0 spiro atoms. The second-order valence-electron chi connectivity index (χ2n) is 7.50. The van der Waals surface area contributed by atoms with Crippen LogP contribution in [0, 0.1) is 12.7 Å². The Balaban J connectivity index is 1.66. The molecule has 0 aromatic heterocycles. The molecule has 0 saturated heterocycles. The molecular weight excluding hydrogens is 379 g/mol. The van der Waals surface area contributed by atoms with Gasteiger partial charge in [-0.05, 0) is 54.7 Å². The third-order valence-electron chi connectivity index (χ3n) is 5.47. The predicted octanol–water partition coefficient (Wildman–Crippen LogP) is 4.58. The highest BCUT2D eigenvalue weighted by Crippen LogP contribution is 2.29. The van der Waals surface area contributed by atoms with Crippen molar-refractivity contribution in [1.82, 2.24) is 5.32 Å². The topological polar surface area (TPSA) is 49.4 Å². The van der Waals surface area contributed by atoms with Gasteiger partial charge in [-0.3, -0.25) is 9.59 Å². The monoisotopic (exact) mass is 402 g/mol. The molecule has 3 aromatic carbocycles. The smallest absolute Gasteiger partial charge is 0.254 e. The van der Waals surface area contributed by atoms with Crippen LogP contribution in [0.2, 0.25) is 0 Å². The summed E-state index contributed by atoms with van der Waals surface area (Å²) in [5.41, 5.74) is 3.34. The lowest BCUT2D eigenvalue weighted by Crippen LogP contribution is -2.45. The van der Waals surface area contributed by atoms with Crippen molar-refractivity contribution in [1.29, 1.82) is 0 Å². The number of fused-ring (bicyclic) bond motifs is 1. The van der Waals surface area contributed by atoms with E-state index < -0.39 is 17.8 Å². The van der Waals surface area contributed by atoms with Crippen molar-refractivity contribution in [3.05, 3.63) is 101 Å². The summed E-state index contributed by atoms with van der Waals surface area (Å²) >= 11 is 0. The van der Waals surface area contributed by atoms with Gasteiger partial charge in [0.1, 0.15) is 11.9 Å². The lowest BCUT2D eigenvalue weighted by molar-refractivity contribution is -0.120. The third kappa shape index (κ3) is 3.96. The molecule has 5 heteroatoms. The number of hydrogen-bond donors (Lipinski definition) is 1. The maximum absolute atomic E-state index is 14.0. The van der Waals surface area contributed by atoms with Gasteiger partial charge in [0, 0.05) is 17.8 Å². The number of anilines is 1. The average molecular weight is 402 g/mol. The lowest BCUT2D eigenvalue weighted by Gasteiger charge is -2.32. The van der Waals surface area contributed by atoms with Gasteiger partial charge in [0.05, 0.1) is 0 Å². The average Bonchev–Trinajstić information content (AvgIpc) is 2.79. The van der Waals surface area contributed by atoms with Gasteiger partial charge in [-0.15, -0.1) is 0 Å². The Morgan fingerprint density at radius 1 is 1.00 bits per heavy atom. The molecular formula is C25H23FN2O2. The molecule has 0 fully saturated rings. The van der Waals surface area contributed by atoms with Crippen LogP contribution in [0.25, 0.3) is 0 Å². The van der Waals surface area contributed by atoms with Crippen LogP contribution < -0.4 is 10.2 Å². The Hall–Kier alpha value is -3.47. The van der Waals surface area contributed by atoms with E-state index in [1.165, 1.54) is 6.07 Å². The third-order valence-corrected chi connectivity index (χ3v) is 5.47. The zero-order valence-electron chi connectivity index (χ0n) is 16.8. The van der Waals surface area contributed by atoms with E-state index in [2.05, 4.69) is 5.32 Å². The number of halogens is 1. The molecule has 0 bridgehead atoms. The first-order valence-electron chi connectivity index (χ1n) is 10.1. The largest absolute Gasteiger partial charge is 0.336 e. The Kier molecular flexibility index (Phi) is 5.61. The molecule has 1 atom stereocenters. The minimum absolute atomic E-state index is 0.186. The van der Waals surface area contributed by atoms with E-state index in [9.17, 15) is 14.0 Å². The number of aryl methyl sites for hydroxylation is 2. The van der Waals surface area contributed by atoms with E-state index in [-0.39, 0.29) is 11.5 Å². The SMILES string of the molecule is Cc1ccc(C(=O)NC(C(=O)N2CCCc3ccccc32)c2ccccc2)cc1F. The molecule has 1 N–H and O–H groups in total. The maximum Gasteiger partial charge on any atom is 0.254 e. The van der Waals surface area contributed by atoms with Gasteiger partial charge in [-0.25, -0.2) is 4.39 Å². The fourth-order valence-corrected chi connectivity index (χ4v) is 3.80. The highest BCUT2D eigenvalue weighted by molar-refractivity contribution is 6.03. The van der Waals surface area contributed by atoms with Gasteiger partial charge in [-0.1, -0.05) is 54.6 Å². The number of nitrogens with zero attached hydrogens (tertiary/aromatic N) is 1. The van der Waals surface area contributed by atoms with Crippen molar-refractivity contribution in [3.8, 4) is 0 Å². The molecule has 0 saturated carbocycles. The molecule has 4 rings (SSSR count). The van der Waals surface area contributed by atoms with Crippen molar-refractivity contribution in [2.75, 3.05) is 11.4 Å². The number of rotatable bonds is 4. The van der Waals surface area contributed by atoms with Gasteiger partial charge in [0.15, 0.2) is 0 Å². The summed E-state index contributed by atoms with van der Waals surface area (Å²) < 4.78 is 14.0. The normalized spacial score (nSPS) is 14.0. The summed E-state index contributed by atoms with van der Waals surface area (Å²) in [4.78, 5) is 28.2. The number of carbonyl (C=O) groups is 2. The highest BCUT2D eigenvalue weighted by atomic mass is 19.1. The summed E-state index contributed by atoms with van der Waals surface area (Å²) in [7, 11) is 0. The summed E-state index contributed by atoms with van der Waals surface area (Å²) in [6, 6.07) is 20.5. The fourth-order valence-electron chi connectivity index (χ4n) is 3.80. The molecule has 4 nitrogen and oxygen atoms in total. The molecule has 0 aliphatic carbocycles. The highest BCUT2D eigenvalue weighted by Gasteiger charge is 2.31. The van der Waals surface area contributed by atoms with Crippen LogP contribution in [0.1, 0.15) is 39.5 Å². The Labute approximate surface area is 175 Å². The minimum atomic E-state index is -0.866. The number of amides is 2. The van der Waals surface area contributed by atoms with Crippen LogP contribution >= 0.6 is 0 Å². The molecule has 152 valence electrons. The lowest BCUT2D eigenvalue weighted by atomic mass is 9.99. The Morgan fingerprint density at radius 3 is 2.50 bits per heavy atom. The predicted molar refractivity (Wildman–Crippen MR) is 115 cm³/mol. The Bertz CT molecular complexity index is 1080. The van der Waals surface area contributed by atoms with E-state index in [4.69, 9.17) is 0 Å². The van der Waals surface area contributed by atoms with Gasteiger partial charge in [0.2, 0.25) is 0 Å². The second kappa shape index (κ2) is 8.49. The van der Waals surface area contributed by atoms with Gasteiger partial charge < -0.3 is 10.2 Å². The zero-order chi connectivity index (χ0) is 21.1. The van der Waals surface area contributed by atoms with Gasteiger partial charge in [0.25, 0.3) is 11.8 Å². The van der Waals surface area contributed by atoms with Crippen molar-refractivity contribution in [3.63, 3.8) is 0 Å². The molecule has 30 heavy (non-hydrogen) atoms. The van der Waals surface area contributed by atoms with Crippen molar-refractivity contribution < 1.29 is 14.0 Å². The number of nitrogens with one attached hydrogen (secondary N) is 1. The molecule has 1 heterocycles. The molecule has 2 amide bonds. The van der Waals surface area contributed by atoms with Crippen molar-refractivity contribution in [2.24, 2.45) is 0 Å². The van der Waals surface area contributed by atoms with Gasteiger partial charge >= 0.3 is 0 Å². The minimum Gasteiger partial charge on any atom is -0.336 e. The van der Waals surface area contributed by atoms with Crippen LogP contribution in [0.15, 0.2) is 72.8 Å². The summed E-state index contributed by atoms with van der Waals surface area (Å²) in [6.45, 7) is 2.23. The van der Waals surface area contributed by atoms with E-state index in [0.29, 0.717) is 17.7 Å². The summed E-state index contributed by atoms with van der Waals surface area (Å²) in [5, 5.41) is 2.83. The van der Waals surface area contributed by atoms with E-state index in [1.807, 2.05) is 54.6 Å². The molecule has 1 aliphatic heterocycles. The molecule has 1 aliphatic rings. The zero-order valence-corrected chi connectivity index (χ0v) is 16.8. The van der Waals surface area contributed by atoms with E-state index in [1.54, 1.807) is 24.0 Å². The summed E-state index contributed by atoms with van der Waals surface area (Å²) in [5.74, 6) is -1.13. The summed E-state index contributed by atoms with van der Waals surface area (Å²) in [6.07, 6.45) is 1.78. The number of hydrogen-bond acceptors (Lipinski definition) is 2. The van der Waals surface area contributed by atoms with Crippen LogP contribution in [0.4, 0.5) is 10.1 Å². The van der Waals surface area contributed by atoms with Crippen molar-refractivity contribution >= 4 is 17.5 Å². The fraction of sp³-hybridized carbons (Fsp3) is 0.200. The van der Waals surface area contributed by atoms with Crippen LogP contribution in [0.5, 0.6) is 0 Å². The quantitative estimate of drug-likeness (QED) is 0.694. The number of carbonyl (C=O) groups excluding carboxylic acids is 2. The molecule has 1 unspecified atom stereocenters. The van der Waals surface area contributed by atoms with Crippen LogP contribution in [-0.4, -0.2) is 18.4 Å². The van der Waals surface area contributed by atoms with Crippen LogP contribution in [-0.2, 0) is 11.2 Å². The van der Waals surface area contributed by atoms with E-state index >= 15 is 0 Å². The molecule has 0 radical (unpaired) electrons. The maximum atomic E-state index is 14.0. The number of para-hydroxylation sites is 1. The van der Waals surface area contributed by atoms with E-state index in [0.717, 1.165) is 24.1 Å². The molecule has 3 aromatic rings. The van der Waals surface area contributed by atoms with Crippen molar-refractivity contribution in [2.45, 2.75) is 25.8 Å². The first kappa shape index (κ1) is 19.8. The first-order chi connectivity index (χ1) is 14.5. The first-order valence-corrected chi connectivity index (χ1v) is 10.1. The Morgan fingerprint density at radius 2 is 1.73 bits per heavy atom.